The number of unbranched alkanes of at least 4 members (excludes halogenated alkanes) is 26. The van der Waals surface area contributed by atoms with Crippen LogP contribution < -0.4 is 0 Å². The van der Waals surface area contributed by atoms with E-state index in [4.69, 9.17) is 28.4 Å². The van der Waals surface area contributed by atoms with Gasteiger partial charge in [-0.3, -0.25) is 9.59 Å². The first-order valence-corrected chi connectivity index (χ1v) is 26.8. The SMILES string of the molecule is CCCC/C=C/CCCCCCCCCCCC(=O)OC[C@H](CO[C@@H]1O[C@H](CO[C@@H]2O[C@H](CO)[C@H](O)C(O)C2O)[C@H](O)C(O)C1O)OC(=O)CCCCCCCCCCCCCCCCCC. The Labute approximate surface area is 403 Å². The third-order valence-corrected chi connectivity index (χ3v) is 13.0. The quantitative estimate of drug-likeness (QED) is 0.0176. The van der Waals surface area contributed by atoms with Crippen LogP contribution in [0.15, 0.2) is 12.2 Å². The molecule has 15 heteroatoms. The van der Waals surface area contributed by atoms with Crippen molar-refractivity contribution in [3.8, 4) is 0 Å². The van der Waals surface area contributed by atoms with Crippen LogP contribution in [-0.4, -0.2) is 142 Å². The molecule has 0 aromatic carbocycles. The molecule has 4 unspecified atom stereocenters. The van der Waals surface area contributed by atoms with Crippen LogP contribution >= 0.6 is 0 Å². The summed E-state index contributed by atoms with van der Waals surface area (Å²) in [5, 5.41) is 72.1. The van der Waals surface area contributed by atoms with Crippen molar-refractivity contribution in [2.24, 2.45) is 0 Å². The zero-order valence-corrected chi connectivity index (χ0v) is 41.7. The maximum Gasteiger partial charge on any atom is 0.306 e. The van der Waals surface area contributed by atoms with Gasteiger partial charge >= 0.3 is 11.9 Å². The van der Waals surface area contributed by atoms with Crippen LogP contribution in [0, 0.1) is 0 Å². The Bertz CT molecular complexity index is 1220. The van der Waals surface area contributed by atoms with Crippen LogP contribution in [0.1, 0.15) is 213 Å². The zero-order valence-electron chi connectivity index (χ0n) is 41.7. The third kappa shape index (κ3) is 28.0. The molecule has 0 bridgehead atoms. The van der Waals surface area contributed by atoms with Crippen LogP contribution in [0.4, 0.5) is 0 Å². The number of aliphatic hydroxyl groups is 7. The molecule has 0 radical (unpaired) electrons. The van der Waals surface area contributed by atoms with Crippen molar-refractivity contribution >= 4 is 11.9 Å². The Kier molecular flexibility index (Phi) is 36.5. The van der Waals surface area contributed by atoms with E-state index in [0.717, 1.165) is 38.5 Å². The van der Waals surface area contributed by atoms with Gasteiger partial charge in [0, 0.05) is 12.8 Å². The Balaban J connectivity index is 1.79. The summed E-state index contributed by atoms with van der Waals surface area (Å²) >= 11 is 0. The van der Waals surface area contributed by atoms with Gasteiger partial charge in [-0.1, -0.05) is 180 Å². The second-order valence-corrected chi connectivity index (χ2v) is 19.1. The molecule has 67 heavy (non-hydrogen) atoms. The maximum absolute atomic E-state index is 13.0. The number of rotatable bonds is 42. The topological polar surface area (TPSA) is 231 Å². The van der Waals surface area contributed by atoms with Crippen molar-refractivity contribution in [1.29, 1.82) is 0 Å². The zero-order chi connectivity index (χ0) is 48.9. The molecule has 2 aliphatic rings. The Morgan fingerprint density at radius 1 is 0.463 bits per heavy atom. The predicted octanol–water partition coefficient (Wildman–Crippen LogP) is 7.77. The molecule has 2 rings (SSSR count). The van der Waals surface area contributed by atoms with Crippen LogP contribution in [0.3, 0.4) is 0 Å². The fourth-order valence-corrected chi connectivity index (χ4v) is 8.55. The van der Waals surface area contributed by atoms with Gasteiger partial charge in [-0.2, -0.15) is 0 Å². The maximum atomic E-state index is 13.0. The standard InChI is InChI=1S/C52H96O15/c1-3-5-7-9-11-13-15-17-19-21-23-25-27-29-31-33-35-44(55)65-40(37-62-43(54)34-32-30-28-26-24-22-20-18-16-14-12-10-8-6-4-2)38-63-51-50(61)48(59)46(57)42(67-51)39-64-52-49(60)47(58)45(56)41(36-53)66-52/h10,12,40-42,45-53,56-61H,3-9,11,13-39H2,1-2H3/b12-10+/t40-,41-,42-,45+,46+,47?,48?,49?,50?,51-,52-/m1/s1. The first-order chi connectivity index (χ1) is 32.5. The van der Waals surface area contributed by atoms with Gasteiger partial charge < -0.3 is 64.2 Å². The highest BCUT2D eigenvalue weighted by molar-refractivity contribution is 5.70. The van der Waals surface area contributed by atoms with Crippen molar-refractivity contribution in [1.82, 2.24) is 0 Å². The highest BCUT2D eigenvalue weighted by Gasteiger charge is 2.47. The number of carbonyl (C=O) groups excluding carboxylic acids is 2. The molecule has 11 atom stereocenters. The second kappa shape index (κ2) is 39.9. The molecular weight excluding hydrogens is 865 g/mol. The average molecular weight is 961 g/mol. The highest BCUT2D eigenvalue weighted by Crippen LogP contribution is 2.27. The first kappa shape index (κ1) is 61.4. The minimum Gasteiger partial charge on any atom is -0.462 e. The third-order valence-electron chi connectivity index (χ3n) is 13.0. The van der Waals surface area contributed by atoms with Crippen molar-refractivity contribution < 1.29 is 73.8 Å². The van der Waals surface area contributed by atoms with E-state index in [-0.39, 0.29) is 26.1 Å². The lowest BCUT2D eigenvalue weighted by Gasteiger charge is -2.42. The minimum absolute atomic E-state index is 0.171. The molecule has 0 aliphatic carbocycles. The van der Waals surface area contributed by atoms with Gasteiger partial charge in [-0.15, -0.1) is 0 Å². The predicted molar refractivity (Wildman–Crippen MR) is 257 cm³/mol. The number of esters is 2. The molecule has 2 aliphatic heterocycles. The summed E-state index contributed by atoms with van der Waals surface area (Å²) in [6, 6.07) is 0. The van der Waals surface area contributed by atoms with E-state index in [1.165, 1.54) is 135 Å². The van der Waals surface area contributed by atoms with Crippen molar-refractivity contribution in [2.75, 3.05) is 26.4 Å². The van der Waals surface area contributed by atoms with Gasteiger partial charge in [0.05, 0.1) is 19.8 Å². The summed E-state index contributed by atoms with van der Waals surface area (Å²) in [6.07, 6.45) is 22.3. The smallest absolute Gasteiger partial charge is 0.306 e. The molecule has 15 nitrogen and oxygen atoms in total. The Hall–Kier alpha value is -1.76. The average Bonchev–Trinajstić information content (AvgIpc) is 3.32. The van der Waals surface area contributed by atoms with Crippen molar-refractivity contribution in [2.45, 2.75) is 280 Å². The number of hydrogen-bond donors (Lipinski definition) is 7. The molecule has 2 saturated heterocycles. The minimum atomic E-state index is -1.76. The lowest BCUT2D eigenvalue weighted by atomic mass is 9.98. The fraction of sp³-hybridized carbons (Fsp3) is 0.923. The van der Waals surface area contributed by atoms with Gasteiger partial charge in [-0.05, 0) is 32.1 Å². The van der Waals surface area contributed by atoms with E-state index in [0.29, 0.717) is 12.8 Å². The molecule has 0 aromatic rings. The molecule has 0 saturated carbocycles. The van der Waals surface area contributed by atoms with E-state index in [1.54, 1.807) is 0 Å². The summed E-state index contributed by atoms with van der Waals surface area (Å²) in [5.74, 6) is -0.916. The number of ether oxygens (including phenoxy) is 6. The number of carbonyl (C=O) groups is 2. The molecule has 0 amide bonds. The second-order valence-electron chi connectivity index (χ2n) is 19.1. The molecule has 394 valence electrons. The van der Waals surface area contributed by atoms with E-state index >= 15 is 0 Å². The van der Waals surface area contributed by atoms with Gasteiger partial charge in [-0.25, -0.2) is 0 Å². The lowest BCUT2D eigenvalue weighted by Crippen LogP contribution is -2.61. The van der Waals surface area contributed by atoms with Crippen LogP contribution in [0.2, 0.25) is 0 Å². The fourth-order valence-electron chi connectivity index (χ4n) is 8.55. The molecule has 0 aromatic heterocycles. The summed E-state index contributed by atoms with van der Waals surface area (Å²) in [6.45, 7) is 2.59. The highest BCUT2D eigenvalue weighted by atomic mass is 16.7. The molecular formula is C52H96O15. The normalized spacial score (nSPS) is 26.0. The molecule has 2 fully saturated rings. The van der Waals surface area contributed by atoms with Crippen molar-refractivity contribution in [3.63, 3.8) is 0 Å². The number of aliphatic hydroxyl groups excluding tert-OH is 7. The van der Waals surface area contributed by atoms with E-state index in [9.17, 15) is 45.3 Å². The Morgan fingerprint density at radius 3 is 1.36 bits per heavy atom. The monoisotopic (exact) mass is 961 g/mol. The van der Waals surface area contributed by atoms with E-state index in [1.807, 2.05) is 0 Å². The van der Waals surface area contributed by atoms with E-state index < -0.39 is 92.7 Å². The lowest BCUT2D eigenvalue weighted by molar-refractivity contribution is -0.332. The van der Waals surface area contributed by atoms with E-state index in [2.05, 4.69) is 26.0 Å². The van der Waals surface area contributed by atoms with Gasteiger partial charge in [0.1, 0.15) is 55.4 Å². The number of hydrogen-bond acceptors (Lipinski definition) is 15. The first-order valence-electron chi connectivity index (χ1n) is 26.8. The van der Waals surface area contributed by atoms with Crippen LogP contribution in [0.5, 0.6) is 0 Å². The molecule has 2 heterocycles. The summed E-state index contributed by atoms with van der Waals surface area (Å²) in [5.41, 5.74) is 0. The van der Waals surface area contributed by atoms with Gasteiger partial charge in [0.25, 0.3) is 0 Å². The number of allylic oxidation sites excluding steroid dienone is 2. The summed E-state index contributed by atoms with van der Waals surface area (Å²) in [4.78, 5) is 25.8. The van der Waals surface area contributed by atoms with Gasteiger partial charge in [0.2, 0.25) is 0 Å². The van der Waals surface area contributed by atoms with Crippen LogP contribution in [0.25, 0.3) is 0 Å². The van der Waals surface area contributed by atoms with Gasteiger partial charge in [0.15, 0.2) is 18.7 Å². The van der Waals surface area contributed by atoms with Crippen LogP contribution in [-0.2, 0) is 38.0 Å². The van der Waals surface area contributed by atoms with Crippen molar-refractivity contribution in [3.05, 3.63) is 12.2 Å². The molecule has 7 N–H and O–H groups in total. The Morgan fingerprint density at radius 2 is 0.866 bits per heavy atom. The summed E-state index contributed by atoms with van der Waals surface area (Å²) in [7, 11) is 0. The summed E-state index contributed by atoms with van der Waals surface area (Å²) < 4.78 is 33.6. The molecule has 0 spiro atoms. The largest absolute Gasteiger partial charge is 0.462 e.